The maximum Gasteiger partial charge on any atom is 0.158 e. The Labute approximate surface area is 123 Å². The van der Waals surface area contributed by atoms with Crippen LogP contribution in [0.3, 0.4) is 0 Å². The molecule has 1 N–H and O–H groups in total. The third kappa shape index (κ3) is 2.99. The first-order valence-corrected chi connectivity index (χ1v) is 7.84. The Bertz CT molecular complexity index is 557. The predicted octanol–water partition coefficient (Wildman–Crippen LogP) is 2.75. The second kappa shape index (κ2) is 5.89. The number of nitrogens with zero attached hydrogens (tertiary/aromatic N) is 2. The van der Waals surface area contributed by atoms with Gasteiger partial charge in [-0.3, -0.25) is 0 Å². The van der Waals surface area contributed by atoms with Crippen LogP contribution in [0.2, 0.25) is 0 Å². The number of ether oxygens (including phenoxy) is 1. The normalized spacial score (nSPS) is 17.2. The van der Waals surface area contributed by atoms with Gasteiger partial charge in [0, 0.05) is 25.4 Å². The molecule has 2 aromatic rings. The number of hydrogen-bond donors (Lipinski definition) is 1. The van der Waals surface area contributed by atoms with Gasteiger partial charge in [0.15, 0.2) is 11.1 Å². The molecule has 3 rings (SSSR count). The molecule has 0 saturated heterocycles. The largest absolute Gasteiger partial charge is 0.483 e. The molecule has 1 unspecified atom stereocenters. The van der Waals surface area contributed by atoms with Crippen molar-refractivity contribution in [2.75, 3.05) is 6.54 Å². The quantitative estimate of drug-likeness (QED) is 0.919. The summed E-state index contributed by atoms with van der Waals surface area (Å²) in [5, 5.41) is 14.0. The van der Waals surface area contributed by atoms with Crippen LogP contribution < -0.4 is 10.1 Å². The van der Waals surface area contributed by atoms with Crippen molar-refractivity contribution in [3.63, 3.8) is 0 Å². The number of rotatable bonds is 5. The molecular formula is C15H19N3OS. The van der Waals surface area contributed by atoms with E-state index in [1.807, 2.05) is 18.2 Å². The Kier molecular flexibility index (Phi) is 3.98. The number of benzene rings is 1. The molecule has 0 spiro atoms. The summed E-state index contributed by atoms with van der Waals surface area (Å²) in [6.07, 6.45) is 1.86. The summed E-state index contributed by atoms with van der Waals surface area (Å²) in [5.74, 6) is 0.982. The van der Waals surface area contributed by atoms with E-state index in [4.69, 9.17) is 4.74 Å². The van der Waals surface area contributed by atoms with Crippen LogP contribution in [0.5, 0.6) is 5.75 Å². The van der Waals surface area contributed by atoms with Crippen molar-refractivity contribution in [2.24, 2.45) is 0 Å². The Balaban J connectivity index is 1.61. The lowest BCUT2D eigenvalue weighted by atomic mass is 10.1. The van der Waals surface area contributed by atoms with E-state index < -0.39 is 0 Å². The average molecular weight is 289 g/mol. The highest BCUT2D eigenvalue weighted by molar-refractivity contribution is 7.11. The molecule has 1 aromatic heterocycles. The standard InChI is InChI=1S/C15H19N3OS/c1-10(2)16-8-7-14-17-18-15(20-14)13-9-11-5-3-4-6-12(11)19-13/h3-6,10,13,16H,7-9H2,1-2H3. The molecule has 1 atom stereocenters. The lowest BCUT2D eigenvalue weighted by molar-refractivity contribution is 0.237. The summed E-state index contributed by atoms with van der Waals surface area (Å²) in [7, 11) is 0. The molecule has 4 nitrogen and oxygen atoms in total. The summed E-state index contributed by atoms with van der Waals surface area (Å²) < 4.78 is 5.94. The van der Waals surface area contributed by atoms with Crippen molar-refractivity contribution < 1.29 is 4.74 Å². The monoisotopic (exact) mass is 289 g/mol. The minimum absolute atomic E-state index is 0.0386. The van der Waals surface area contributed by atoms with Crippen molar-refractivity contribution in [1.29, 1.82) is 0 Å². The summed E-state index contributed by atoms with van der Waals surface area (Å²) >= 11 is 1.67. The Morgan fingerprint density at radius 3 is 3.00 bits per heavy atom. The van der Waals surface area contributed by atoms with Gasteiger partial charge < -0.3 is 10.1 Å². The Morgan fingerprint density at radius 2 is 2.20 bits per heavy atom. The van der Waals surface area contributed by atoms with Crippen LogP contribution in [-0.4, -0.2) is 22.8 Å². The minimum Gasteiger partial charge on any atom is -0.483 e. The molecule has 0 bridgehead atoms. The van der Waals surface area contributed by atoms with Crippen LogP contribution in [0.15, 0.2) is 24.3 Å². The van der Waals surface area contributed by atoms with Crippen LogP contribution in [0, 0.1) is 0 Å². The summed E-state index contributed by atoms with van der Waals surface area (Å²) in [6.45, 7) is 5.24. The number of para-hydroxylation sites is 1. The first-order chi connectivity index (χ1) is 9.72. The van der Waals surface area contributed by atoms with Crippen LogP contribution in [-0.2, 0) is 12.8 Å². The van der Waals surface area contributed by atoms with Gasteiger partial charge in [0.05, 0.1) is 0 Å². The van der Waals surface area contributed by atoms with Crippen LogP contribution >= 0.6 is 11.3 Å². The molecule has 0 saturated carbocycles. The van der Waals surface area contributed by atoms with Crippen molar-refractivity contribution in [3.8, 4) is 5.75 Å². The van der Waals surface area contributed by atoms with Gasteiger partial charge in [-0.1, -0.05) is 43.4 Å². The smallest absolute Gasteiger partial charge is 0.158 e. The number of fused-ring (bicyclic) bond motifs is 1. The molecule has 0 fully saturated rings. The third-order valence-electron chi connectivity index (χ3n) is 3.30. The molecule has 1 aliphatic rings. The highest BCUT2D eigenvalue weighted by Gasteiger charge is 2.26. The number of aromatic nitrogens is 2. The fourth-order valence-electron chi connectivity index (χ4n) is 2.29. The average Bonchev–Trinajstić information content (AvgIpc) is 3.03. The first kappa shape index (κ1) is 13.5. The summed E-state index contributed by atoms with van der Waals surface area (Å²) in [6, 6.07) is 8.70. The molecule has 0 aliphatic carbocycles. The maximum atomic E-state index is 5.94. The fraction of sp³-hybridized carbons (Fsp3) is 0.467. The molecule has 1 aliphatic heterocycles. The fourth-order valence-corrected chi connectivity index (χ4v) is 3.16. The number of hydrogen-bond acceptors (Lipinski definition) is 5. The molecule has 106 valence electrons. The van der Waals surface area contributed by atoms with Gasteiger partial charge in [-0.25, -0.2) is 0 Å². The molecule has 0 radical (unpaired) electrons. The molecule has 1 aromatic carbocycles. The lowest BCUT2D eigenvalue weighted by Crippen LogP contribution is -2.24. The summed E-state index contributed by atoms with van der Waals surface area (Å²) in [4.78, 5) is 0. The third-order valence-corrected chi connectivity index (χ3v) is 4.37. The maximum absolute atomic E-state index is 5.94. The van der Waals surface area contributed by atoms with Gasteiger partial charge >= 0.3 is 0 Å². The zero-order valence-corrected chi connectivity index (χ0v) is 12.6. The van der Waals surface area contributed by atoms with Gasteiger partial charge in [0.2, 0.25) is 0 Å². The van der Waals surface area contributed by atoms with Crippen molar-refractivity contribution in [3.05, 3.63) is 39.8 Å². The van der Waals surface area contributed by atoms with Crippen molar-refractivity contribution in [1.82, 2.24) is 15.5 Å². The number of nitrogens with one attached hydrogen (secondary N) is 1. The Morgan fingerprint density at radius 1 is 1.35 bits per heavy atom. The van der Waals surface area contributed by atoms with Crippen LogP contribution in [0.4, 0.5) is 0 Å². The topological polar surface area (TPSA) is 47.0 Å². The molecule has 20 heavy (non-hydrogen) atoms. The zero-order chi connectivity index (χ0) is 13.9. The molecule has 5 heteroatoms. The van der Waals surface area contributed by atoms with Crippen molar-refractivity contribution in [2.45, 2.75) is 38.8 Å². The molecule has 0 amide bonds. The summed E-state index contributed by atoms with van der Waals surface area (Å²) in [5.41, 5.74) is 1.26. The van der Waals surface area contributed by atoms with Gasteiger partial charge in [-0.05, 0) is 11.6 Å². The van der Waals surface area contributed by atoms with E-state index in [1.165, 1.54) is 5.56 Å². The van der Waals surface area contributed by atoms with E-state index in [2.05, 4.69) is 35.4 Å². The molecule has 2 heterocycles. The lowest BCUT2D eigenvalue weighted by Gasteiger charge is -2.06. The molecular weight excluding hydrogens is 270 g/mol. The van der Waals surface area contributed by atoms with Crippen LogP contribution in [0.25, 0.3) is 0 Å². The van der Waals surface area contributed by atoms with E-state index in [1.54, 1.807) is 11.3 Å². The second-order valence-corrected chi connectivity index (χ2v) is 6.40. The zero-order valence-electron chi connectivity index (χ0n) is 11.8. The van der Waals surface area contributed by atoms with Gasteiger partial charge in [-0.15, -0.1) is 10.2 Å². The SMILES string of the molecule is CC(C)NCCc1nnc(C2Cc3ccccc3O2)s1. The van der Waals surface area contributed by atoms with Crippen LogP contribution in [0.1, 0.15) is 35.5 Å². The first-order valence-electron chi connectivity index (χ1n) is 7.02. The van der Waals surface area contributed by atoms with E-state index in [9.17, 15) is 0 Å². The van der Waals surface area contributed by atoms with E-state index in [0.717, 1.165) is 35.2 Å². The second-order valence-electron chi connectivity index (χ2n) is 5.31. The highest BCUT2D eigenvalue weighted by atomic mass is 32.1. The van der Waals surface area contributed by atoms with Crippen molar-refractivity contribution >= 4 is 11.3 Å². The Hall–Kier alpha value is -1.46. The minimum atomic E-state index is 0.0386. The van der Waals surface area contributed by atoms with Gasteiger partial charge in [0.1, 0.15) is 10.8 Å². The predicted molar refractivity (Wildman–Crippen MR) is 80.3 cm³/mol. The van der Waals surface area contributed by atoms with Gasteiger partial charge in [-0.2, -0.15) is 0 Å². The van der Waals surface area contributed by atoms with Gasteiger partial charge in [0.25, 0.3) is 0 Å². The van der Waals surface area contributed by atoms with E-state index >= 15 is 0 Å². The van der Waals surface area contributed by atoms with E-state index in [-0.39, 0.29) is 6.10 Å². The van der Waals surface area contributed by atoms with E-state index in [0.29, 0.717) is 6.04 Å². The highest BCUT2D eigenvalue weighted by Crippen LogP contribution is 2.37.